The number of carbonyl (C=O) groups is 1. The minimum absolute atomic E-state index is 0.150. The lowest BCUT2D eigenvalue weighted by molar-refractivity contribution is -0.178. The molecule has 0 unspecified atom stereocenters. The number of hydrogen-bond donors (Lipinski definition) is 3. The maximum Gasteiger partial charge on any atom is 0.303 e. The molecule has 5 nitrogen and oxygen atoms in total. The van der Waals surface area contributed by atoms with E-state index < -0.39 is 5.97 Å². The normalized spacial score (nSPS) is 50.3. The third kappa shape index (κ3) is 3.45. The van der Waals surface area contributed by atoms with Crippen molar-refractivity contribution in [3.63, 3.8) is 0 Å². The van der Waals surface area contributed by atoms with Gasteiger partial charge in [-0.1, -0.05) is 20.8 Å². The summed E-state index contributed by atoms with van der Waals surface area (Å²) in [4.78, 5) is 16.3. The van der Waals surface area contributed by atoms with Crippen molar-refractivity contribution in [3.05, 3.63) is 0 Å². The van der Waals surface area contributed by atoms with E-state index in [9.17, 15) is 9.90 Å². The molecule has 0 saturated heterocycles. The minimum Gasteiger partial charge on any atom is -0.481 e. The van der Waals surface area contributed by atoms with E-state index in [1.165, 1.54) is 25.7 Å². The van der Waals surface area contributed by atoms with E-state index in [1.54, 1.807) is 0 Å². The van der Waals surface area contributed by atoms with Gasteiger partial charge in [-0.3, -0.25) is 4.79 Å². The van der Waals surface area contributed by atoms with E-state index >= 15 is 0 Å². The molecular formula is C24H41NO4. The molecule has 0 bridgehead atoms. The number of aliphatic hydroxyl groups is 1. The molecule has 4 aliphatic carbocycles. The molecule has 0 heterocycles. The Morgan fingerprint density at radius 1 is 1.10 bits per heavy atom. The van der Waals surface area contributed by atoms with Crippen LogP contribution in [0.3, 0.4) is 0 Å². The summed E-state index contributed by atoms with van der Waals surface area (Å²) >= 11 is 0. The topological polar surface area (TPSA) is 92.8 Å². The molecule has 0 aromatic carbocycles. The van der Waals surface area contributed by atoms with Gasteiger partial charge in [0.1, 0.15) is 0 Å². The van der Waals surface area contributed by atoms with Crippen LogP contribution >= 0.6 is 0 Å². The van der Waals surface area contributed by atoms with Gasteiger partial charge in [-0.15, -0.1) is 0 Å². The summed E-state index contributed by atoms with van der Waals surface area (Å²) in [6.07, 6.45) is 9.90. The Morgan fingerprint density at radius 3 is 2.48 bits per heavy atom. The van der Waals surface area contributed by atoms with Gasteiger partial charge in [0.15, 0.2) is 0 Å². The molecule has 5 heteroatoms. The van der Waals surface area contributed by atoms with Crippen molar-refractivity contribution < 1.29 is 19.8 Å². The van der Waals surface area contributed by atoms with Gasteiger partial charge in [-0.2, -0.15) is 0 Å². The fraction of sp³-hybridized carbons (Fsp3) is 0.958. The molecule has 4 N–H and O–H groups in total. The van der Waals surface area contributed by atoms with Crippen LogP contribution in [0.5, 0.6) is 0 Å². The van der Waals surface area contributed by atoms with Crippen molar-refractivity contribution in [1.29, 1.82) is 0 Å². The summed E-state index contributed by atoms with van der Waals surface area (Å²) in [5.41, 5.74) is 0.550. The SMILES string of the molecule is C[C@H](CCC(=O)O)[C@H]1CC[C@H]2[C@@H]3[C@@H](O)C[C@@H]4C[C@H](ON)CC[C@]4(C)[C@H]3CC[C@]12C. The number of carboxylic acids is 1. The average Bonchev–Trinajstić information content (AvgIpc) is 3.03. The highest BCUT2D eigenvalue weighted by molar-refractivity contribution is 5.66. The van der Waals surface area contributed by atoms with E-state index in [0.717, 1.165) is 32.1 Å². The van der Waals surface area contributed by atoms with Crippen LogP contribution in [0.25, 0.3) is 0 Å². The zero-order valence-corrected chi connectivity index (χ0v) is 18.5. The predicted molar refractivity (Wildman–Crippen MR) is 112 cm³/mol. The van der Waals surface area contributed by atoms with Crippen LogP contribution in [0.2, 0.25) is 0 Å². The number of aliphatic hydroxyl groups excluding tert-OH is 1. The van der Waals surface area contributed by atoms with Gasteiger partial charge in [-0.05, 0) is 104 Å². The number of aliphatic carboxylic acids is 1. The largest absolute Gasteiger partial charge is 0.481 e. The Kier molecular flexibility index (Phi) is 5.80. The third-order valence-electron chi connectivity index (χ3n) is 10.4. The summed E-state index contributed by atoms with van der Waals surface area (Å²) in [6.45, 7) is 7.21. The summed E-state index contributed by atoms with van der Waals surface area (Å²) in [5.74, 6) is 7.95. The fourth-order valence-electron chi connectivity index (χ4n) is 8.83. The highest BCUT2D eigenvalue weighted by Gasteiger charge is 2.62. The van der Waals surface area contributed by atoms with Gasteiger partial charge in [0.05, 0.1) is 12.2 Å². The Balaban J connectivity index is 1.54. The van der Waals surface area contributed by atoms with Crippen molar-refractivity contribution in [1.82, 2.24) is 0 Å². The lowest BCUT2D eigenvalue weighted by Crippen LogP contribution is -2.58. The van der Waals surface area contributed by atoms with Gasteiger partial charge in [0.25, 0.3) is 0 Å². The zero-order valence-electron chi connectivity index (χ0n) is 18.5. The first-order valence-corrected chi connectivity index (χ1v) is 12.0. The molecule has 0 aromatic rings. The predicted octanol–water partition coefficient (Wildman–Crippen LogP) is 4.38. The molecule has 10 atom stereocenters. The lowest BCUT2D eigenvalue weighted by atomic mass is 9.43. The maximum atomic E-state index is 11.3. The van der Waals surface area contributed by atoms with Gasteiger partial charge >= 0.3 is 5.97 Å². The van der Waals surface area contributed by atoms with Crippen molar-refractivity contribution in [2.75, 3.05) is 0 Å². The van der Waals surface area contributed by atoms with Crippen molar-refractivity contribution in [2.24, 2.45) is 52.2 Å². The van der Waals surface area contributed by atoms with Gasteiger partial charge in [-0.25, -0.2) is 5.90 Å². The van der Waals surface area contributed by atoms with Crippen LogP contribution in [-0.4, -0.2) is 28.4 Å². The van der Waals surface area contributed by atoms with Gasteiger partial charge in [0, 0.05) is 6.42 Å². The quantitative estimate of drug-likeness (QED) is 0.588. The molecule has 29 heavy (non-hydrogen) atoms. The molecule has 4 rings (SSSR count). The Bertz CT molecular complexity index is 626. The van der Waals surface area contributed by atoms with Crippen molar-refractivity contribution in [2.45, 2.75) is 97.2 Å². The molecule has 0 radical (unpaired) electrons. The minimum atomic E-state index is -0.681. The van der Waals surface area contributed by atoms with Crippen molar-refractivity contribution >= 4 is 5.97 Å². The second-order valence-corrected chi connectivity index (χ2v) is 11.5. The van der Waals surface area contributed by atoms with Crippen LogP contribution in [0.15, 0.2) is 0 Å². The average molecular weight is 408 g/mol. The third-order valence-corrected chi connectivity index (χ3v) is 10.4. The second-order valence-electron chi connectivity index (χ2n) is 11.5. The molecule has 4 fully saturated rings. The number of rotatable bonds is 5. The number of hydrogen-bond acceptors (Lipinski definition) is 4. The summed E-state index contributed by atoms with van der Waals surface area (Å²) < 4.78 is 0. The molecule has 4 aliphatic rings. The molecule has 0 aliphatic heterocycles. The van der Waals surface area contributed by atoms with Gasteiger partial charge < -0.3 is 15.1 Å². The smallest absolute Gasteiger partial charge is 0.303 e. The number of fused-ring (bicyclic) bond motifs is 5. The molecule has 0 spiro atoms. The van der Waals surface area contributed by atoms with E-state index in [0.29, 0.717) is 40.9 Å². The van der Waals surface area contributed by atoms with E-state index in [1.807, 2.05) is 0 Å². The monoisotopic (exact) mass is 407 g/mol. The fourth-order valence-corrected chi connectivity index (χ4v) is 8.83. The van der Waals surface area contributed by atoms with E-state index in [4.69, 9.17) is 15.8 Å². The Hall–Kier alpha value is -0.650. The molecule has 0 aromatic heterocycles. The first-order chi connectivity index (χ1) is 13.7. The molecular weight excluding hydrogens is 366 g/mol. The van der Waals surface area contributed by atoms with Gasteiger partial charge in [0.2, 0.25) is 0 Å². The first kappa shape index (κ1) is 21.6. The highest BCUT2D eigenvalue weighted by atomic mass is 16.6. The number of nitrogens with two attached hydrogens (primary N) is 1. The van der Waals surface area contributed by atoms with Crippen LogP contribution in [-0.2, 0) is 9.63 Å². The van der Waals surface area contributed by atoms with E-state index in [-0.39, 0.29) is 24.0 Å². The van der Waals surface area contributed by atoms with Crippen LogP contribution < -0.4 is 5.90 Å². The van der Waals surface area contributed by atoms with Crippen LogP contribution in [0.1, 0.15) is 85.0 Å². The summed E-state index contributed by atoms with van der Waals surface area (Å²) in [7, 11) is 0. The standard InChI is InChI=1S/C24H41NO4/c1-14(4-7-21(27)28)17-5-6-18-22-19(9-11-24(17,18)3)23(2)10-8-16(29-25)12-15(23)13-20(22)26/h14-20,22,26H,4-13,25H2,1-3H3,(H,27,28)/t14-,15+,16-,17-,18+,19+,20+,22+,23+,24-/m1/s1. The summed E-state index contributed by atoms with van der Waals surface area (Å²) in [5, 5.41) is 20.4. The van der Waals surface area contributed by atoms with E-state index in [2.05, 4.69) is 20.8 Å². The molecule has 166 valence electrons. The lowest BCUT2D eigenvalue weighted by Gasteiger charge is -2.62. The second kappa shape index (κ2) is 7.80. The van der Waals surface area contributed by atoms with Crippen LogP contribution in [0, 0.1) is 46.3 Å². The highest BCUT2D eigenvalue weighted by Crippen LogP contribution is 2.68. The summed E-state index contributed by atoms with van der Waals surface area (Å²) in [6, 6.07) is 0. The Morgan fingerprint density at radius 2 is 1.79 bits per heavy atom. The van der Waals surface area contributed by atoms with Crippen LogP contribution in [0.4, 0.5) is 0 Å². The molecule has 0 amide bonds. The Labute approximate surface area is 175 Å². The number of carboxylic acid groups (broad SMARTS) is 1. The maximum absolute atomic E-state index is 11.3. The van der Waals surface area contributed by atoms with Crippen molar-refractivity contribution in [3.8, 4) is 0 Å². The zero-order chi connectivity index (χ0) is 21.0. The molecule has 4 saturated carbocycles. The first-order valence-electron chi connectivity index (χ1n) is 12.0.